The summed E-state index contributed by atoms with van der Waals surface area (Å²) < 4.78 is 45.7. The van der Waals surface area contributed by atoms with Crippen LogP contribution >= 0.6 is 23.2 Å². The second-order valence-electron chi connectivity index (χ2n) is 9.16. The number of amides is 1. The lowest BCUT2D eigenvalue weighted by Gasteiger charge is -2.11. The third-order valence-corrected chi connectivity index (χ3v) is 6.70. The minimum atomic E-state index is -4.80. The number of aromatic nitrogens is 6. The van der Waals surface area contributed by atoms with Crippen molar-refractivity contribution in [1.82, 2.24) is 29.8 Å². The lowest BCUT2D eigenvalue weighted by molar-refractivity contribution is -0.274. The fraction of sp³-hybridized carbons (Fsp3) is 0.192. The van der Waals surface area contributed by atoms with Crippen molar-refractivity contribution in [3.05, 3.63) is 87.5 Å². The number of imidazole rings is 1. The van der Waals surface area contributed by atoms with Gasteiger partial charge < -0.3 is 13.9 Å². The minimum absolute atomic E-state index is 0.0702. The highest BCUT2D eigenvalue weighted by Gasteiger charge is 2.31. The Labute approximate surface area is 240 Å². The molecule has 2 heterocycles. The highest BCUT2D eigenvalue weighted by atomic mass is 35.5. The zero-order valence-electron chi connectivity index (χ0n) is 21.4. The summed E-state index contributed by atoms with van der Waals surface area (Å²) in [6, 6.07) is 15.6. The summed E-state index contributed by atoms with van der Waals surface area (Å²) in [7, 11) is 0. The first-order valence-corrected chi connectivity index (χ1v) is 12.9. The smallest absolute Gasteiger partial charge is 0.406 e. The van der Waals surface area contributed by atoms with E-state index in [-0.39, 0.29) is 17.7 Å². The largest absolute Gasteiger partial charge is 0.573 e. The van der Waals surface area contributed by atoms with Crippen LogP contribution in [0.15, 0.2) is 65.7 Å². The molecule has 0 radical (unpaired) electrons. The third-order valence-electron chi connectivity index (χ3n) is 5.97. The number of nitrogens with zero attached hydrogens (tertiary/aromatic N) is 6. The minimum Gasteiger partial charge on any atom is -0.406 e. The van der Waals surface area contributed by atoms with Crippen LogP contribution in [0.25, 0.3) is 11.0 Å². The van der Waals surface area contributed by atoms with Crippen molar-refractivity contribution in [2.24, 2.45) is 4.99 Å². The number of fused-ring (bicyclic) bond motifs is 1. The van der Waals surface area contributed by atoms with Gasteiger partial charge in [-0.15, -0.1) is 13.2 Å². The molecular weight excluding hydrogens is 584 g/mol. The predicted molar refractivity (Wildman–Crippen MR) is 146 cm³/mol. The highest BCUT2D eigenvalue weighted by molar-refractivity contribution is 6.42. The van der Waals surface area contributed by atoms with Gasteiger partial charge in [0.2, 0.25) is 11.6 Å². The average Bonchev–Trinajstić information content (AvgIpc) is 3.51. The fourth-order valence-electron chi connectivity index (χ4n) is 4.23. The van der Waals surface area contributed by atoms with Gasteiger partial charge in [-0.25, -0.2) is 10.1 Å². The normalized spacial score (nSPS) is 12.3. The van der Waals surface area contributed by atoms with Crippen molar-refractivity contribution < 1.29 is 22.7 Å². The fourth-order valence-corrected chi connectivity index (χ4v) is 4.55. The van der Waals surface area contributed by atoms with Gasteiger partial charge in [0.1, 0.15) is 5.75 Å². The number of anilines is 1. The first-order chi connectivity index (χ1) is 19.5. The number of benzene rings is 3. The lowest BCUT2D eigenvalue weighted by Crippen LogP contribution is -2.27. The molecule has 1 amide bonds. The van der Waals surface area contributed by atoms with Gasteiger partial charge in [0, 0.05) is 11.6 Å². The summed E-state index contributed by atoms with van der Waals surface area (Å²) in [6.07, 6.45) is -4.80. The molecule has 0 aliphatic carbocycles. The SMILES string of the molecule is CC(C)n1c(=Nc2ccc(OC(F)(F)F)cc2)n(Cc2ccc(C(=O)Nc3nnn[nH]3)cc2)c2cc(Cl)c(Cl)cc21. The summed E-state index contributed by atoms with van der Waals surface area (Å²) in [6.45, 7) is 4.28. The standard InChI is InChI=1S/C26H21Cl2F3N8O2/c1-14(2)39-22-12-20(28)19(27)11-21(22)38(25(39)32-17-7-9-18(10-8-17)41-26(29,30)31)13-15-3-5-16(6-4-15)23(40)33-24-34-36-37-35-24/h3-12,14H,13H2,1-2H3,(H2,33,34,35,36,37,40). The number of tetrazole rings is 1. The number of hydrogen-bond donors (Lipinski definition) is 2. The number of H-pyrrole nitrogens is 1. The number of aromatic amines is 1. The molecule has 3 aromatic carbocycles. The second kappa shape index (κ2) is 11.3. The molecule has 0 bridgehead atoms. The summed E-state index contributed by atoms with van der Waals surface area (Å²) in [5.41, 5.74) is 3.65. The van der Waals surface area contributed by atoms with Crippen LogP contribution in [0.4, 0.5) is 24.8 Å². The van der Waals surface area contributed by atoms with Crippen LogP contribution in [0.5, 0.6) is 5.75 Å². The molecule has 0 saturated carbocycles. The van der Waals surface area contributed by atoms with E-state index >= 15 is 0 Å². The van der Waals surface area contributed by atoms with Crippen molar-refractivity contribution >= 4 is 51.8 Å². The van der Waals surface area contributed by atoms with Crippen molar-refractivity contribution in [1.29, 1.82) is 0 Å². The lowest BCUT2D eigenvalue weighted by atomic mass is 10.1. The van der Waals surface area contributed by atoms with E-state index in [2.05, 4.69) is 30.7 Å². The Kier molecular flexibility index (Phi) is 7.74. The quantitative estimate of drug-likeness (QED) is 0.227. The molecule has 15 heteroatoms. The Balaban J connectivity index is 1.57. The van der Waals surface area contributed by atoms with Gasteiger partial charge in [-0.3, -0.25) is 10.1 Å². The Morgan fingerprint density at radius 3 is 2.29 bits per heavy atom. The van der Waals surface area contributed by atoms with E-state index in [1.165, 1.54) is 24.3 Å². The maximum atomic E-state index is 12.6. The molecule has 2 aromatic heterocycles. The topological polar surface area (TPSA) is 115 Å². The third kappa shape index (κ3) is 6.36. The summed E-state index contributed by atoms with van der Waals surface area (Å²) in [5, 5.41) is 16.2. The predicted octanol–water partition coefficient (Wildman–Crippen LogP) is 6.28. The molecule has 212 valence electrons. The molecule has 0 aliphatic rings. The van der Waals surface area contributed by atoms with Gasteiger partial charge in [0.15, 0.2) is 0 Å². The summed E-state index contributed by atoms with van der Waals surface area (Å²) in [5.74, 6) is -0.624. The Hall–Kier alpha value is -4.36. The molecular formula is C26H21Cl2F3N8O2. The van der Waals surface area contributed by atoms with Crippen LogP contribution in [0.3, 0.4) is 0 Å². The number of hydrogen-bond acceptors (Lipinski definition) is 6. The number of rotatable bonds is 7. The average molecular weight is 605 g/mol. The van der Waals surface area contributed by atoms with Crippen LogP contribution in [0, 0.1) is 0 Å². The number of ether oxygens (including phenoxy) is 1. The highest BCUT2D eigenvalue weighted by Crippen LogP contribution is 2.30. The Morgan fingerprint density at radius 2 is 1.71 bits per heavy atom. The summed E-state index contributed by atoms with van der Waals surface area (Å²) >= 11 is 12.8. The van der Waals surface area contributed by atoms with Crippen molar-refractivity contribution in [2.75, 3.05) is 5.32 Å². The molecule has 2 N–H and O–H groups in total. The van der Waals surface area contributed by atoms with E-state index in [0.29, 0.717) is 33.5 Å². The van der Waals surface area contributed by atoms with Crippen molar-refractivity contribution in [3.63, 3.8) is 0 Å². The maximum Gasteiger partial charge on any atom is 0.573 e. The van der Waals surface area contributed by atoms with Gasteiger partial charge in [-0.2, -0.15) is 0 Å². The number of nitrogens with one attached hydrogen (secondary N) is 2. The zero-order chi connectivity index (χ0) is 29.3. The van der Waals surface area contributed by atoms with E-state index in [1.807, 2.05) is 23.0 Å². The monoisotopic (exact) mass is 604 g/mol. The van der Waals surface area contributed by atoms with Crippen LogP contribution in [-0.2, 0) is 6.54 Å². The van der Waals surface area contributed by atoms with E-state index < -0.39 is 12.3 Å². The van der Waals surface area contributed by atoms with Gasteiger partial charge in [0.05, 0.1) is 33.3 Å². The molecule has 0 fully saturated rings. The molecule has 0 atom stereocenters. The molecule has 5 rings (SSSR count). The Morgan fingerprint density at radius 1 is 1.05 bits per heavy atom. The molecule has 10 nitrogen and oxygen atoms in total. The zero-order valence-corrected chi connectivity index (χ0v) is 23.0. The van der Waals surface area contributed by atoms with Gasteiger partial charge in [-0.05, 0) is 78.4 Å². The van der Waals surface area contributed by atoms with Crippen LogP contribution in [-0.4, -0.2) is 42.0 Å². The van der Waals surface area contributed by atoms with Crippen LogP contribution < -0.4 is 15.7 Å². The van der Waals surface area contributed by atoms with E-state index in [4.69, 9.17) is 28.2 Å². The molecule has 0 saturated heterocycles. The van der Waals surface area contributed by atoms with Crippen molar-refractivity contribution in [3.8, 4) is 5.75 Å². The second-order valence-corrected chi connectivity index (χ2v) is 9.97. The number of alkyl halides is 3. The van der Waals surface area contributed by atoms with Crippen LogP contribution in [0.1, 0.15) is 35.8 Å². The van der Waals surface area contributed by atoms with E-state index in [0.717, 1.165) is 16.6 Å². The number of carbonyl (C=O) groups excluding carboxylic acids is 1. The first kappa shape index (κ1) is 28.2. The number of halogens is 5. The molecule has 0 spiro atoms. The molecule has 0 aliphatic heterocycles. The van der Waals surface area contributed by atoms with Crippen molar-refractivity contribution in [2.45, 2.75) is 32.8 Å². The number of carbonyl (C=O) groups is 1. The molecule has 5 aromatic rings. The van der Waals surface area contributed by atoms with Gasteiger partial charge >= 0.3 is 6.36 Å². The molecule has 41 heavy (non-hydrogen) atoms. The Bertz CT molecular complexity index is 1760. The van der Waals surface area contributed by atoms with Gasteiger partial charge in [-0.1, -0.05) is 40.4 Å². The first-order valence-electron chi connectivity index (χ1n) is 12.1. The van der Waals surface area contributed by atoms with Crippen LogP contribution in [0.2, 0.25) is 10.0 Å². The van der Waals surface area contributed by atoms with E-state index in [1.54, 1.807) is 36.4 Å². The maximum absolute atomic E-state index is 12.6. The van der Waals surface area contributed by atoms with Gasteiger partial charge in [0.25, 0.3) is 5.91 Å². The molecule has 0 unspecified atom stereocenters. The summed E-state index contributed by atoms with van der Waals surface area (Å²) in [4.78, 5) is 17.3. The van der Waals surface area contributed by atoms with E-state index in [9.17, 15) is 18.0 Å².